The summed E-state index contributed by atoms with van der Waals surface area (Å²) in [4.78, 5) is 45.2. The summed E-state index contributed by atoms with van der Waals surface area (Å²) in [6, 6.07) is -2.10. The molecule has 6 N–H and O–H groups in total. The Kier molecular flexibility index (Phi) is 5.08. The third-order valence-corrected chi connectivity index (χ3v) is 3.20. The molecule has 21 heavy (non-hydrogen) atoms. The fourth-order valence-electron chi connectivity index (χ4n) is 2.06. The van der Waals surface area contributed by atoms with E-state index >= 15 is 0 Å². The van der Waals surface area contributed by atoms with Crippen molar-refractivity contribution in [1.82, 2.24) is 10.2 Å². The fraction of sp³-hybridized carbons (Fsp3) is 0.636. The van der Waals surface area contributed by atoms with E-state index in [4.69, 9.17) is 21.1 Å². The molecule has 0 aromatic rings. The molecule has 0 radical (unpaired) electrons. The van der Waals surface area contributed by atoms with E-state index in [9.17, 15) is 19.2 Å². The zero-order chi connectivity index (χ0) is 16.2. The van der Waals surface area contributed by atoms with Gasteiger partial charge in [0.25, 0.3) is 0 Å². The number of rotatable bonds is 6. The number of aliphatic carboxylic acids is 3. The van der Waals surface area contributed by atoms with E-state index < -0.39 is 42.1 Å². The molecule has 2 atom stereocenters. The zero-order valence-electron chi connectivity index (χ0n) is 11.1. The lowest BCUT2D eigenvalue weighted by Crippen LogP contribution is -2.52. The van der Waals surface area contributed by atoms with Crippen molar-refractivity contribution < 1.29 is 34.5 Å². The number of hydrogen-bond donors (Lipinski definition) is 5. The van der Waals surface area contributed by atoms with E-state index in [0.717, 1.165) is 4.90 Å². The average molecular weight is 303 g/mol. The first-order valence-electron chi connectivity index (χ1n) is 6.19. The molecule has 1 aliphatic heterocycles. The van der Waals surface area contributed by atoms with Crippen LogP contribution in [0.4, 0.5) is 4.79 Å². The molecular formula is C11H17N3O7. The molecule has 10 heteroatoms. The second-order valence-corrected chi connectivity index (χ2v) is 4.88. The highest BCUT2D eigenvalue weighted by Gasteiger charge is 2.51. The summed E-state index contributed by atoms with van der Waals surface area (Å²) in [6.45, 7) is -0.386. The maximum Gasteiger partial charge on any atom is 0.326 e. The number of carbonyl (C=O) groups excluding carboxylic acids is 1. The molecule has 0 aliphatic carbocycles. The number of amides is 2. The van der Waals surface area contributed by atoms with E-state index in [-0.39, 0.29) is 25.8 Å². The van der Waals surface area contributed by atoms with E-state index in [1.807, 2.05) is 0 Å². The number of nitrogens with zero attached hydrogens (tertiary/aromatic N) is 1. The smallest absolute Gasteiger partial charge is 0.326 e. The number of carboxylic acid groups (broad SMARTS) is 3. The van der Waals surface area contributed by atoms with Crippen molar-refractivity contribution in [2.24, 2.45) is 5.73 Å². The number of nitrogens with two attached hydrogens (primary N) is 1. The van der Waals surface area contributed by atoms with Crippen LogP contribution in [0.25, 0.3) is 0 Å². The van der Waals surface area contributed by atoms with Crippen LogP contribution < -0.4 is 11.1 Å². The highest BCUT2D eigenvalue weighted by Crippen LogP contribution is 2.25. The van der Waals surface area contributed by atoms with Crippen molar-refractivity contribution in [1.29, 1.82) is 0 Å². The molecule has 0 aromatic heterocycles. The Hall–Kier alpha value is -2.36. The molecule has 0 saturated carbocycles. The molecule has 1 heterocycles. The Morgan fingerprint density at radius 1 is 1.24 bits per heavy atom. The lowest BCUT2D eigenvalue weighted by molar-refractivity contribution is -0.143. The number of carbonyl (C=O) groups is 4. The van der Waals surface area contributed by atoms with E-state index in [1.165, 1.54) is 0 Å². The molecule has 0 aromatic carbocycles. The SMILES string of the molecule is N[C@]1(C(=O)O)C[C@@H](C(=O)O)N(C(=O)NCCCC(=O)O)C1. The first kappa shape index (κ1) is 16.7. The molecular weight excluding hydrogens is 286 g/mol. The Morgan fingerprint density at radius 3 is 2.33 bits per heavy atom. The van der Waals surface area contributed by atoms with E-state index in [0.29, 0.717) is 0 Å². The second-order valence-electron chi connectivity index (χ2n) is 4.88. The number of hydrogen-bond acceptors (Lipinski definition) is 5. The molecule has 1 aliphatic rings. The van der Waals surface area contributed by atoms with Crippen LogP contribution in [0, 0.1) is 0 Å². The van der Waals surface area contributed by atoms with Gasteiger partial charge in [-0.2, -0.15) is 0 Å². The van der Waals surface area contributed by atoms with Gasteiger partial charge < -0.3 is 31.3 Å². The van der Waals surface area contributed by atoms with Gasteiger partial charge in [-0.1, -0.05) is 0 Å². The van der Waals surface area contributed by atoms with Crippen LogP contribution in [0.3, 0.4) is 0 Å². The number of likely N-dealkylation sites (tertiary alicyclic amines) is 1. The van der Waals surface area contributed by atoms with Crippen LogP contribution >= 0.6 is 0 Å². The largest absolute Gasteiger partial charge is 0.481 e. The number of nitrogens with one attached hydrogen (secondary N) is 1. The minimum atomic E-state index is -1.80. The van der Waals surface area contributed by atoms with Crippen molar-refractivity contribution >= 4 is 23.9 Å². The van der Waals surface area contributed by atoms with Gasteiger partial charge in [-0.3, -0.25) is 9.59 Å². The summed E-state index contributed by atoms with van der Waals surface area (Å²) in [5, 5.41) is 28.9. The standard InChI is InChI=1S/C11H17N3O7/c12-11(9(19)20)4-6(8(17)18)14(5-11)10(21)13-3-1-2-7(15)16/h6H,1-5,12H2,(H,13,21)(H,15,16)(H,17,18)(H,19,20)/t6-,11+/m0/s1. The molecule has 2 amide bonds. The number of carboxylic acids is 3. The Morgan fingerprint density at radius 2 is 1.86 bits per heavy atom. The Balaban J connectivity index is 2.66. The molecule has 10 nitrogen and oxygen atoms in total. The highest BCUT2D eigenvalue weighted by molar-refractivity contribution is 5.88. The van der Waals surface area contributed by atoms with Gasteiger partial charge in [0.15, 0.2) is 0 Å². The maximum atomic E-state index is 11.9. The minimum absolute atomic E-state index is 0.0403. The third-order valence-electron chi connectivity index (χ3n) is 3.20. The van der Waals surface area contributed by atoms with Gasteiger partial charge >= 0.3 is 23.9 Å². The second kappa shape index (κ2) is 6.39. The Labute approximate surface area is 119 Å². The molecule has 0 unspecified atom stereocenters. The van der Waals surface area contributed by atoms with Crippen molar-refractivity contribution in [3.8, 4) is 0 Å². The topological polar surface area (TPSA) is 170 Å². The van der Waals surface area contributed by atoms with Gasteiger partial charge in [-0.15, -0.1) is 0 Å². The summed E-state index contributed by atoms with van der Waals surface area (Å²) < 4.78 is 0. The van der Waals surface area contributed by atoms with Crippen LogP contribution in [0.5, 0.6) is 0 Å². The summed E-state index contributed by atoms with van der Waals surface area (Å²) in [7, 11) is 0. The zero-order valence-corrected chi connectivity index (χ0v) is 11.1. The highest BCUT2D eigenvalue weighted by atomic mass is 16.4. The normalized spacial score (nSPS) is 24.6. The molecule has 1 saturated heterocycles. The predicted octanol–water partition coefficient (Wildman–Crippen LogP) is -1.50. The molecule has 118 valence electrons. The predicted molar refractivity (Wildman–Crippen MR) is 67.6 cm³/mol. The average Bonchev–Trinajstić information content (AvgIpc) is 2.74. The van der Waals surface area contributed by atoms with Crippen LogP contribution in [0.2, 0.25) is 0 Å². The van der Waals surface area contributed by atoms with Gasteiger partial charge in [0.1, 0.15) is 11.6 Å². The summed E-state index contributed by atoms with van der Waals surface area (Å²) in [5.41, 5.74) is 3.79. The first-order valence-corrected chi connectivity index (χ1v) is 6.19. The van der Waals surface area contributed by atoms with Crippen molar-refractivity contribution in [3.63, 3.8) is 0 Å². The first-order chi connectivity index (χ1) is 9.67. The van der Waals surface area contributed by atoms with Crippen molar-refractivity contribution in [2.45, 2.75) is 30.8 Å². The quantitative estimate of drug-likeness (QED) is 0.369. The van der Waals surface area contributed by atoms with Gasteiger partial charge in [-0.05, 0) is 6.42 Å². The van der Waals surface area contributed by atoms with Gasteiger partial charge in [0.2, 0.25) is 0 Å². The van der Waals surface area contributed by atoms with Gasteiger partial charge in [-0.25, -0.2) is 9.59 Å². The monoisotopic (exact) mass is 303 g/mol. The summed E-state index contributed by atoms with van der Waals surface area (Å²) in [5.74, 6) is -3.74. The van der Waals surface area contributed by atoms with Crippen LogP contribution in [0.1, 0.15) is 19.3 Å². The lowest BCUT2D eigenvalue weighted by atomic mass is 9.98. The fourth-order valence-corrected chi connectivity index (χ4v) is 2.06. The van der Waals surface area contributed by atoms with Crippen LogP contribution in [-0.2, 0) is 14.4 Å². The summed E-state index contributed by atoms with van der Waals surface area (Å²) >= 11 is 0. The van der Waals surface area contributed by atoms with Crippen LogP contribution in [0.15, 0.2) is 0 Å². The maximum absolute atomic E-state index is 11.9. The third kappa shape index (κ3) is 4.05. The van der Waals surface area contributed by atoms with E-state index in [2.05, 4.69) is 5.32 Å². The summed E-state index contributed by atoms with van der Waals surface area (Å²) in [6.07, 6.45) is -0.349. The van der Waals surface area contributed by atoms with Crippen molar-refractivity contribution in [3.05, 3.63) is 0 Å². The van der Waals surface area contributed by atoms with Crippen molar-refractivity contribution in [2.75, 3.05) is 13.1 Å². The minimum Gasteiger partial charge on any atom is -0.481 e. The lowest BCUT2D eigenvalue weighted by Gasteiger charge is -2.22. The van der Waals surface area contributed by atoms with Gasteiger partial charge in [0, 0.05) is 19.4 Å². The molecule has 0 spiro atoms. The Bertz CT molecular complexity index is 467. The number of urea groups is 1. The van der Waals surface area contributed by atoms with E-state index in [1.54, 1.807) is 0 Å². The molecule has 0 bridgehead atoms. The van der Waals surface area contributed by atoms with Gasteiger partial charge in [0.05, 0.1) is 6.54 Å². The molecule has 1 rings (SSSR count). The molecule has 1 fully saturated rings. The van der Waals surface area contributed by atoms with Crippen LogP contribution in [-0.4, -0.2) is 68.8 Å².